The van der Waals surface area contributed by atoms with E-state index in [1.807, 2.05) is 0 Å². The summed E-state index contributed by atoms with van der Waals surface area (Å²) in [6, 6.07) is 0. The highest BCUT2D eigenvalue weighted by molar-refractivity contribution is 5.79. The number of imidazole rings is 1. The first-order valence-electron chi connectivity index (χ1n) is 10.2. The second-order valence-corrected chi connectivity index (χ2v) is 7.88. The zero-order valence-electron chi connectivity index (χ0n) is 15.5. The van der Waals surface area contributed by atoms with Crippen molar-refractivity contribution in [2.45, 2.75) is 76.9 Å². The molecule has 5 nitrogen and oxygen atoms in total. The van der Waals surface area contributed by atoms with E-state index in [0.717, 1.165) is 58.3 Å². The van der Waals surface area contributed by atoms with Crippen LogP contribution in [0.3, 0.4) is 0 Å². The lowest BCUT2D eigenvalue weighted by molar-refractivity contribution is -0.146. The normalized spacial score (nSPS) is 28.0. The van der Waals surface area contributed by atoms with Gasteiger partial charge in [0.15, 0.2) is 0 Å². The number of rotatable bonds is 3. The van der Waals surface area contributed by atoms with E-state index in [2.05, 4.69) is 22.6 Å². The van der Waals surface area contributed by atoms with Gasteiger partial charge in [-0.2, -0.15) is 0 Å². The molecule has 0 spiro atoms. The molecule has 0 aliphatic carbocycles. The SMILES string of the molecule is CC[C@@H]1OCCC[C@H]1C(=O)N1CCC(c2ncc3n2CCCC3)CC1. The topological polar surface area (TPSA) is 47.4 Å². The highest BCUT2D eigenvalue weighted by atomic mass is 16.5. The third-order valence-electron chi connectivity index (χ3n) is 6.37. The first-order valence-corrected chi connectivity index (χ1v) is 10.2. The van der Waals surface area contributed by atoms with Crippen LogP contribution in [0.1, 0.15) is 69.3 Å². The lowest BCUT2D eigenvalue weighted by Crippen LogP contribution is -2.46. The van der Waals surface area contributed by atoms with Crippen molar-refractivity contribution in [3.05, 3.63) is 17.7 Å². The van der Waals surface area contributed by atoms with Gasteiger partial charge in [0, 0.05) is 44.0 Å². The van der Waals surface area contributed by atoms with Gasteiger partial charge in [-0.25, -0.2) is 4.98 Å². The number of amides is 1. The number of fused-ring (bicyclic) bond motifs is 1. The summed E-state index contributed by atoms with van der Waals surface area (Å²) in [5, 5.41) is 0. The van der Waals surface area contributed by atoms with Gasteiger partial charge in [-0.05, 0) is 51.4 Å². The van der Waals surface area contributed by atoms with Gasteiger partial charge in [0.2, 0.25) is 5.91 Å². The molecule has 0 unspecified atom stereocenters. The maximum absolute atomic E-state index is 13.0. The number of ether oxygens (including phenoxy) is 1. The number of aryl methyl sites for hydroxylation is 1. The van der Waals surface area contributed by atoms with Crippen molar-refractivity contribution in [1.29, 1.82) is 0 Å². The van der Waals surface area contributed by atoms with E-state index in [-0.39, 0.29) is 12.0 Å². The Kier molecular flexibility index (Phi) is 5.11. The van der Waals surface area contributed by atoms with Crippen molar-refractivity contribution in [2.24, 2.45) is 5.92 Å². The summed E-state index contributed by atoms with van der Waals surface area (Å²) < 4.78 is 8.29. The minimum absolute atomic E-state index is 0.0782. The third kappa shape index (κ3) is 3.35. The van der Waals surface area contributed by atoms with Gasteiger partial charge in [0.25, 0.3) is 0 Å². The molecule has 1 aromatic rings. The summed E-state index contributed by atoms with van der Waals surface area (Å²) >= 11 is 0. The number of likely N-dealkylation sites (tertiary alicyclic amines) is 1. The van der Waals surface area contributed by atoms with Crippen molar-refractivity contribution in [2.75, 3.05) is 19.7 Å². The Balaban J connectivity index is 1.38. The molecule has 4 heterocycles. The quantitative estimate of drug-likeness (QED) is 0.845. The molecule has 2 fully saturated rings. The molecular formula is C20H31N3O2. The molecule has 3 aliphatic heterocycles. The minimum Gasteiger partial charge on any atom is -0.377 e. The van der Waals surface area contributed by atoms with E-state index >= 15 is 0 Å². The van der Waals surface area contributed by atoms with E-state index in [9.17, 15) is 4.79 Å². The molecule has 25 heavy (non-hydrogen) atoms. The van der Waals surface area contributed by atoms with Gasteiger partial charge in [0.1, 0.15) is 5.82 Å². The molecule has 0 aromatic carbocycles. The van der Waals surface area contributed by atoms with Crippen LogP contribution in [0.15, 0.2) is 6.20 Å². The largest absolute Gasteiger partial charge is 0.377 e. The predicted molar refractivity (Wildman–Crippen MR) is 96.5 cm³/mol. The van der Waals surface area contributed by atoms with Gasteiger partial charge in [0.05, 0.1) is 12.0 Å². The van der Waals surface area contributed by atoms with E-state index in [0.29, 0.717) is 11.8 Å². The molecule has 0 N–H and O–H groups in total. The van der Waals surface area contributed by atoms with Crippen LogP contribution in [0, 0.1) is 5.92 Å². The molecule has 0 saturated carbocycles. The van der Waals surface area contributed by atoms with E-state index < -0.39 is 0 Å². The fourth-order valence-corrected chi connectivity index (χ4v) is 4.90. The summed E-state index contributed by atoms with van der Waals surface area (Å²) in [7, 11) is 0. The van der Waals surface area contributed by atoms with Crippen LogP contribution in [0.25, 0.3) is 0 Å². The molecule has 1 amide bonds. The van der Waals surface area contributed by atoms with Crippen LogP contribution in [-0.2, 0) is 22.5 Å². The Hall–Kier alpha value is -1.36. The number of nitrogens with zero attached hydrogens (tertiary/aromatic N) is 3. The van der Waals surface area contributed by atoms with Crippen LogP contribution in [0.5, 0.6) is 0 Å². The highest BCUT2D eigenvalue weighted by Crippen LogP contribution is 2.32. The summed E-state index contributed by atoms with van der Waals surface area (Å²) in [4.78, 5) is 19.8. The Bertz CT molecular complexity index is 604. The van der Waals surface area contributed by atoms with Crippen LogP contribution in [0.4, 0.5) is 0 Å². The van der Waals surface area contributed by atoms with E-state index in [1.54, 1.807) is 0 Å². The standard InChI is InChI=1S/C20H31N3O2/c1-2-18-17(7-5-13-25-18)20(24)22-11-8-15(9-12-22)19-21-14-16-6-3-4-10-23(16)19/h14-15,17-18H,2-13H2,1H3/t17-,18+/m1/s1. The fraction of sp³-hybridized carbons (Fsp3) is 0.800. The number of carbonyl (C=O) groups is 1. The van der Waals surface area contributed by atoms with Crippen LogP contribution in [-0.4, -0.2) is 46.2 Å². The minimum atomic E-state index is 0.0782. The number of hydrogen-bond donors (Lipinski definition) is 0. The maximum Gasteiger partial charge on any atom is 0.228 e. The average molecular weight is 345 g/mol. The Morgan fingerprint density at radius 1 is 1.20 bits per heavy atom. The Labute approximate surface area is 150 Å². The zero-order valence-corrected chi connectivity index (χ0v) is 15.5. The number of carbonyl (C=O) groups excluding carboxylic acids is 1. The molecule has 4 rings (SSSR count). The number of piperidine rings is 1. The van der Waals surface area contributed by atoms with Crippen LogP contribution < -0.4 is 0 Å². The average Bonchev–Trinajstić information content (AvgIpc) is 3.11. The van der Waals surface area contributed by atoms with Gasteiger partial charge in [-0.3, -0.25) is 4.79 Å². The molecule has 1 aromatic heterocycles. The van der Waals surface area contributed by atoms with Crippen LogP contribution in [0.2, 0.25) is 0 Å². The van der Waals surface area contributed by atoms with Crippen molar-refractivity contribution >= 4 is 5.91 Å². The molecule has 2 atom stereocenters. The second kappa shape index (κ2) is 7.48. The molecule has 2 saturated heterocycles. The van der Waals surface area contributed by atoms with Crippen molar-refractivity contribution in [1.82, 2.24) is 14.5 Å². The predicted octanol–water partition coefficient (Wildman–Crippen LogP) is 3.13. The third-order valence-corrected chi connectivity index (χ3v) is 6.37. The summed E-state index contributed by atoms with van der Waals surface area (Å²) in [6.45, 7) is 5.82. The monoisotopic (exact) mass is 345 g/mol. The van der Waals surface area contributed by atoms with Gasteiger partial charge in [-0.15, -0.1) is 0 Å². The Morgan fingerprint density at radius 3 is 2.84 bits per heavy atom. The van der Waals surface area contributed by atoms with E-state index in [1.165, 1.54) is 30.8 Å². The van der Waals surface area contributed by atoms with Gasteiger partial charge < -0.3 is 14.2 Å². The van der Waals surface area contributed by atoms with Crippen molar-refractivity contribution < 1.29 is 9.53 Å². The first-order chi connectivity index (χ1) is 12.3. The number of aromatic nitrogens is 2. The summed E-state index contributed by atoms with van der Waals surface area (Å²) in [5.74, 6) is 2.19. The van der Waals surface area contributed by atoms with Crippen molar-refractivity contribution in [3.8, 4) is 0 Å². The summed E-state index contributed by atoms with van der Waals surface area (Å²) in [5.41, 5.74) is 1.41. The zero-order chi connectivity index (χ0) is 17.2. The van der Waals surface area contributed by atoms with Gasteiger partial charge in [-0.1, -0.05) is 6.92 Å². The Morgan fingerprint density at radius 2 is 2.04 bits per heavy atom. The second-order valence-electron chi connectivity index (χ2n) is 7.88. The summed E-state index contributed by atoms with van der Waals surface area (Å²) in [6.07, 6.45) is 11.0. The van der Waals surface area contributed by atoms with Crippen molar-refractivity contribution in [3.63, 3.8) is 0 Å². The molecule has 3 aliphatic rings. The fourth-order valence-electron chi connectivity index (χ4n) is 4.90. The molecular weight excluding hydrogens is 314 g/mol. The van der Waals surface area contributed by atoms with Crippen LogP contribution >= 0.6 is 0 Å². The lowest BCUT2D eigenvalue weighted by atomic mass is 9.89. The molecule has 0 radical (unpaired) electrons. The molecule has 5 heteroatoms. The maximum atomic E-state index is 13.0. The molecule has 0 bridgehead atoms. The smallest absolute Gasteiger partial charge is 0.228 e. The highest BCUT2D eigenvalue weighted by Gasteiger charge is 2.36. The van der Waals surface area contributed by atoms with Gasteiger partial charge >= 0.3 is 0 Å². The number of hydrogen-bond acceptors (Lipinski definition) is 3. The van der Waals surface area contributed by atoms with E-state index in [4.69, 9.17) is 9.72 Å². The molecule has 138 valence electrons. The first kappa shape index (κ1) is 17.1. The lowest BCUT2D eigenvalue weighted by Gasteiger charge is -2.38.